The molecule has 0 aliphatic carbocycles. The number of benzene rings is 1. The average molecular weight is 1020 g/mol. The van der Waals surface area contributed by atoms with Gasteiger partial charge in [-0.1, -0.05) is 16.9 Å². The number of piperidine rings is 1. The van der Waals surface area contributed by atoms with Crippen LogP contribution in [0.2, 0.25) is 0 Å². The Hall–Kier alpha value is -6.44. The Bertz CT molecular complexity index is 3020. The summed E-state index contributed by atoms with van der Waals surface area (Å²) in [6.45, 7) is 4.08. The number of halogens is 1. The van der Waals surface area contributed by atoms with Crippen molar-refractivity contribution < 1.29 is 52.3 Å². The molecule has 3 atom stereocenters. The number of aromatic carboxylic acids is 1. The normalized spacial score (nSPS) is 19.3. The zero-order chi connectivity index (χ0) is 48.7. The number of aromatic nitrogens is 5. The number of amides is 2. The number of nitrogens with one attached hydrogen (secondary N) is 1. The van der Waals surface area contributed by atoms with Crippen LogP contribution in [0.3, 0.4) is 0 Å². The summed E-state index contributed by atoms with van der Waals surface area (Å²) < 4.78 is 35.7. The highest BCUT2D eigenvalue weighted by Gasteiger charge is 2.55. The SMILES string of the molecule is CCO/N=C(/C(=O)N[C@@H]1C(=O)N2C(C(=O)OCCC(=O)OC3CCN(c4c(F)cc5c(=O)c(C(=O)O)cn6c5c4CCC6C)CC3)=C(Sc3nc(-c4cc[n+](C)cc4)cs3)CS[C@H]12)c1nsc(N)n1. The maximum atomic E-state index is 15.9. The van der Waals surface area contributed by atoms with Crippen LogP contribution >= 0.6 is 46.4 Å². The molecule has 1 aromatic carbocycles. The monoisotopic (exact) mass is 1020 g/mol. The van der Waals surface area contributed by atoms with E-state index in [0.29, 0.717) is 64.8 Å². The van der Waals surface area contributed by atoms with E-state index in [9.17, 15) is 33.9 Å². The number of oxime groups is 1. The number of nitrogens with zero attached hydrogens (tertiary/aromatic N) is 8. The Kier molecular flexibility index (Phi) is 13.7. The molecule has 0 bridgehead atoms. The van der Waals surface area contributed by atoms with E-state index in [0.717, 1.165) is 28.9 Å². The third-order valence-electron chi connectivity index (χ3n) is 12.0. The van der Waals surface area contributed by atoms with E-state index >= 15 is 4.39 Å². The van der Waals surface area contributed by atoms with Crippen LogP contribution in [0.4, 0.5) is 15.2 Å². The number of rotatable bonds is 15. The number of carbonyl (C=O) groups excluding carboxylic acids is 4. The van der Waals surface area contributed by atoms with Crippen LogP contribution in [0.15, 0.2) is 67.1 Å². The first-order valence-corrected chi connectivity index (χ1v) is 25.3. The number of pyridine rings is 2. The number of thiazole rings is 1. The number of ether oxygens (including phenoxy) is 2. The van der Waals surface area contributed by atoms with Gasteiger partial charge in [-0.05, 0) is 32.8 Å². The summed E-state index contributed by atoms with van der Waals surface area (Å²) >= 11 is 4.78. The molecule has 69 heavy (non-hydrogen) atoms. The van der Waals surface area contributed by atoms with Crippen LogP contribution in [0, 0.1) is 5.82 Å². The zero-order valence-electron chi connectivity index (χ0n) is 37.2. The second kappa shape index (κ2) is 19.9. The third kappa shape index (κ3) is 9.51. The smallest absolute Gasteiger partial charge is 0.355 e. The number of thioether (sulfide) groups is 2. The Labute approximate surface area is 408 Å². The van der Waals surface area contributed by atoms with Crippen LogP contribution in [-0.2, 0) is 47.0 Å². The maximum Gasteiger partial charge on any atom is 0.355 e. The molecule has 4 N–H and O–H groups in total. The summed E-state index contributed by atoms with van der Waals surface area (Å²) in [4.78, 5) is 97.2. The lowest BCUT2D eigenvalue weighted by molar-refractivity contribution is -0.671. The number of hydrogen-bond acceptors (Lipinski definition) is 19. The molecule has 25 heteroatoms. The zero-order valence-corrected chi connectivity index (χ0v) is 40.5. The highest BCUT2D eigenvalue weighted by Crippen LogP contribution is 2.46. The lowest BCUT2D eigenvalue weighted by Crippen LogP contribution is -2.71. The number of fused-ring (bicyclic) bond motifs is 1. The molecule has 20 nitrogen and oxygen atoms in total. The minimum absolute atomic E-state index is 0.0294. The van der Waals surface area contributed by atoms with Gasteiger partial charge in [-0.2, -0.15) is 9.36 Å². The van der Waals surface area contributed by atoms with Crippen molar-refractivity contribution in [3.8, 4) is 11.3 Å². The van der Waals surface area contributed by atoms with Gasteiger partial charge in [-0.3, -0.25) is 24.1 Å². The fourth-order valence-electron chi connectivity index (χ4n) is 8.59. The summed E-state index contributed by atoms with van der Waals surface area (Å²) in [6, 6.07) is 3.83. The van der Waals surface area contributed by atoms with Gasteiger partial charge < -0.3 is 39.9 Å². The Morgan fingerprint density at radius 2 is 1.90 bits per heavy atom. The Morgan fingerprint density at radius 1 is 1.13 bits per heavy atom. The molecule has 0 saturated carbocycles. The Balaban J connectivity index is 0.859. The number of anilines is 2. The molecule has 8 heterocycles. The van der Waals surface area contributed by atoms with Crippen molar-refractivity contribution in [2.45, 2.75) is 73.9 Å². The van der Waals surface area contributed by atoms with E-state index in [1.807, 2.05) is 53.3 Å². The van der Waals surface area contributed by atoms with Gasteiger partial charge >= 0.3 is 17.9 Å². The van der Waals surface area contributed by atoms with Crippen LogP contribution < -0.4 is 25.9 Å². The number of carboxylic acids is 1. The first-order valence-electron chi connectivity index (χ1n) is 21.8. The van der Waals surface area contributed by atoms with Crippen molar-refractivity contribution in [2.75, 3.05) is 42.7 Å². The van der Waals surface area contributed by atoms with E-state index in [1.165, 1.54) is 46.0 Å². The topological polar surface area (TPSA) is 255 Å². The highest BCUT2D eigenvalue weighted by atomic mass is 32.2. The minimum Gasteiger partial charge on any atom is -0.477 e. The summed E-state index contributed by atoms with van der Waals surface area (Å²) in [5, 5.41) is 17.5. The number of aryl methyl sites for hydroxylation is 2. The summed E-state index contributed by atoms with van der Waals surface area (Å²) in [5.74, 6) is -4.64. The second-order valence-corrected chi connectivity index (χ2v) is 20.5. The summed E-state index contributed by atoms with van der Waals surface area (Å²) in [5.41, 5.74) is 7.45. The van der Waals surface area contributed by atoms with Crippen molar-refractivity contribution in [3.05, 3.63) is 85.8 Å². The molecular formula is C44H44FN10O10S4+. The third-order valence-corrected chi connectivity index (χ3v) is 16.0. The van der Waals surface area contributed by atoms with Crippen molar-refractivity contribution >= 4 is 104 Å². The van der Waals surface area contributed by atoms with Gasteiger partial charge in [-0.25, -0.2) is 23.5 Å². The van der Waals surface area contributed by atoms with Crippen LogP contribution in [0.25, 0.3) is 22.2 Å². The summed E-state index contributed by atoms with van der Waals surface area (Å²) in [6.07, 6.45) is 6.23. The van der Waals surface area contributed by atoms with Gasteiger partial charge in [-0.15, -0.1) is 23.1 Å². The van der Waals surface area contributed by atoms with E-state index in [4.69, 9.17) is 25.0 Å². The van der Waals surface area contributed by atoms with Gasteiger partial charge in [0.15, 0.2) is 21.9 Å². The first-order chi connectivity index (χ1) is 33.2. The van der Waals surface area contributed by atoms with Crippen LogP contribution in [-0.4, -0.2) is 114 Å². The molecule has 4 aromatic heterocycles. The predicted molar refractivity (Wildman–Crippen MR) is 254 cm³/mol. The number of nitrogens with two attached hydrogens (primary N) is 1. The molecule has 0 radical (unpaired) electrons. The molecule has 360 valence electrons. The molecule has 4 aliphatic heterocycles. The fraction of sp³-hybridized carbons (Fsp3) is 0.386. The van der Waals surface area contributed by atoms with Crippen LogP contribution in [0.1, 0.15) is 67.3 Å². The lowest BCUT2D eigenvalue weighted by atomic mass is 9.93. The molecule has 2 amide bonds. The van der Waals surface area contributed by atoms with Gasteiger partial charge in [0.1, 0.15) is 54.9 Å². The number of β-lactam (4-membered cyclic amide) rings is 1. The largest absolute Gasteiger partial charge is 0.477 e. The molecule has 5 aromatic rings. The van der Waals surface area contributed by atoms with E-state index < -0.39 is 64.1 Å². The highest BCUT2D eigenvalue weighted by molar-refractivity contribution is 8.07. The van der Waals surface area contributed by atoms with Gasteiger partial charge in [0.2, 0.25) is 17.0 Å². The van der Waals surface area contributed by atoms with E-state index in [-0.39, 0.29) is 59.2 Å². The number of hydrogen-bond donors (Lipinski definition) is 3. The maximum absolute atomic E-state index is 15.9. The lowest BCUT2D eigenvalue weighted by Gasteiger charge is -2.49. The molecule has 1 unspecified atom stereocenters. The molecule has 2 saturated heterocycles. The molecule has 4 aliphatic rings. The molecular weight excluding hydrogens is 976 g/mol. The standard InChI is InChI=1S/C44H43FN10O10S4/c1-4-64-50-31(37-49-43(46)69-51-37)38(58)48-32-39(59)55-35(29(20-66-40(32)55)68-44-47-28(19-67-44)22-7-12-52(3)13-8-22)42(62)63-16-11-30(56)65-23-9-14-53(15-10-23)34-24-6-5-21(2)54-18-26(41(60)61)36(57)25(33(24)54)17-27(34)45/h7-8,12-13,17-19,21,23,32,40H,4-6,9-11,14-16,20H2,1-3H3,(H3-,46,48,49,51,58,60,61)/p+1/b50-31+/t21?,32-,40-/m1/s1. The number of esters is 2. The van der Waals surface area contributed by atoms with Gasteiger partial charge in [0, 0.05) is 94.4 Å². The van der Waals surface area contributed by atoms with E-state index in [2.05, 4.69) is 19.8 Å². The van der Waals surface area contributed by atoms with Crippen molar-refractivity contribution in [1.29, 1.82) is 0 Å². The van der Waals surface area contributed by atoms with E-state index in [1.54, 1.807) is 11.5 Å². The number of nitrogen functional groups attached to an aromatic ring is 1. The first kappa shape index (κ1) is 47.6. The van der Waals surface area contributed by atoms with Gasteiger partial charge in [0.25, 0.3) is 11.8 Å². The van der Waals surface area contributed by atoms with Crippen molar-refractivity contribution in [1.82, 2.24) is 29.1 Å². The average Bonchev–Trinajstić information content (AvgIpc) is 3.99. The predicted octanol–water partition coefficient (Wildman–Crippen LogP) is 4.02. The molecule has 2 fully saturated rings. The van der Waals surface area contributed by atoms with Crippen molar-refractivity contribution in [2.24, 2.45) is 12.2 Å². The Morgan fingerprint density at radius 3 is 2.61 bits per heavy atom. The van der Waals surface area contributed by atoms with Crippen LogP contribution in [0.5, 0.6) is 0 Å². The fourth-order valence-corrected chi connectivity index (χ4v) is 12.5. The molecule has 0 spiro atoms. The number of carboxylic acid groups (broad SMARTS) is 1. The number of carbonyl (C=O) groups is 5. The minimum atomic E-state index is -1.37. The summed E-state index contributed by atoms with van der Waals surface area (Å²) in [7, 11) is 1.91. The quantitative estimate of drug-likeness (QED) is 0.0440. The second-order valence-electron chi connectivity index (χ2n) is 16.4. The molecule has 9 rings (SSSR count). The van der Waals surface area contributed by atoms with Gasteiger partial charge in [0.05, 0.1) is 23.3 Å². The van der Waals surface area contributed by atoms with Crippen molar-refractivity contribution in [3.63, 3.8) is 0 Å².